The van der Waals surface area contributed by atoms with E-state index >= 15 is 0 Å². The Balaban J connectivity index is 2.19. The summed E-state index contributed by atoms with van der Waals surface area (Å²) in [6, 6.07) is 0. The highest BCUT2D eigenvalue weighted by atomic mass is 32.2. The highest BCUT2D eigenvalue weighted by Gasteiger charge is 1.99. The minimum atomic E-state index is 0.863. The molecule has 1 aromatic heterocycles. The number of rotatable bonds is 6. The monoisotopic (exact) mass is 272 g/mol. The second-order valence-corrected chi connectivity index (χ2v) is 5.57. The van der Waals surface area contributed by atoms with Gasteiger partial charge in [0.2, 0.25) is 0 Å². The van der Waals surface area contributed by atoms with Gasteiger partial charge in [-0.3, -0.25) is 4.99 Å². The molecule has 0 aliphatic carbocycles. The van der Waals surface area contributed by atoms with E-state index in [0.717, 1.165) is 41.9 Å². The lowest BCUT2D eigenvalue weighted by Crippen LogP contribution is -2.39. The summed E-state index contributed by atoms with van der Waals surface area (Å²) in [5, 5.41) is 9.78. The fraction of sp³-hybridized carbons (Fsp3) is 0.636. The third-order valence-electron chi connectivity index (χ3n) is 2.16. The Morgan fingerprint density at radius 2 is 2.24 bits per heavy atom. The number of hydrogen-bond donors (Lipinski definition) is 2. The Labute approximate surface area is 111 Å². The Morgan fingerprint density at radius 3 is 2.82 bits per heavy atom. The van der Waals surface area contributed by atoms with Gasteiger partial charge in [-0.05, 0) is 13.2 Å². The summed E-state index contributed by atoms with van der Waals surface area (Å²) in [5.41, 5.74) is 1.15. The molecule has 0 radical (unpaired) electrons. The van der Waals surface area contributed by atoms with Gasteiger partial charge in [0, 0.05) is 37.7 Å². The van der Waals surface area contributed by atoms with Crippen molar-refractivity contribution < 1.29 is 0 Å². The number of aliphatic imine (C=N–C) groups is 1. The molecule has 2 N–H and O–H groups in total. The Kier molecular flexibility index (Phi) is 7.04. The van der Waals surface area contributed by atoms with E-state index < -0.39 is 0 Å². The lowest BCUT2D eigenvalue weighted by Gasteiger charge is -2.10. The first-order chi connectivity index (χ1) is 8.26. The Hall–Kier alpha value is -0.750. The van der Waals surface area contributed by atoms with Gasteiger partial charge in [-0.25, -0.2) is 4.98 Å². The molecule has 0 saturated carbocycles. The van der Waals surface area contributed by atoms with E-state index in [1.54, 1.807) is 18.4 Å². The van der Waals surface area contributed by atoms with Crippen molar-refractivity contribution in [1.82, 2.24) is 15.6 Å². The highest BCUT2D eigenvalue weighted by molar-refractivity contribution is 7.98. The first kappa shape index (κ1) is 14.3. The third kappa shape index (κ3) is 5.93. The van der Waals surface area contributed by atoms with Crippen LogP contribution in [0.3, 0.4) is 0 Å². The van der Waals surface area contributed by atoms with Gasteiger partial charge in [0.1, 0.15) is 0 Å². The lowest BCUT2D eigenvalue weighted by molar-refractivity contribution is 0.801. The molecule has 0 spiro atoms. The minimum Gasteiger partial charge on any atom is -0.356 e. The summed E-state index contributed by atoms with van der Waals surface area (Å²) in [5.74, 6) is 1.96. The van der Waals surface area contributed by atoms with Gasteiger partial charge in [0.05, 0.1) is 10.7 Å². The zero-order valence-corrected chi connectivity index (χ0v) is 12.2. The van der Waals surface area contributed by atoms with Crippen molar-refractivity contribution in [2.75, 3.05) is 32.1 Å². The predicted octanol–water partition coefficient (Wildman–Crippen LogP) is 1.52. The second-order valence-electron chi connectivity index (χ2n) is 3.53. The molecule has 0 bridgehead atoms. The molecular weight excluding hydrogens is 252 g/mol. The van der Waals surface area contributed by atoms with E-state index in [1.807, 2.05) is 18.7 Å². The number of nitrogens with zero attached hydrogens (tertiary/aromatic N) is 2. The normalized spacial score (nSPS) is 11.6. The highest BCUT2D eigenvalue weighted by Crippen LogP contribution is 2.07. The number of hydrogen-bond acceptors (Lipinski definition) is 4. The molecule has 0 amide bonds. The molecule has 4 nitrogen and oxygen atoms in total. The van der Waals surface area contributed by atoms with E-state index in [0.29, 0.717) is 0 Å². The number of guanidine groups is 1. The molecule has 17 heavy (non-hydrogen) atoms. The van der Waals surface area contributed by atoms with Crippen molar-refractivity contribution in [3.8, 4) is 0 Å². The summed E-state index contributed by atoms with van der Waals surface area (Å²) >= 11 is 3.52. The van der Waals surface area contributed by atoms with Crippen LogP contribution in [0.15, 0.2) is 10.4 Å². The number of aryl methyl sites for hydroxylation is 1. The standard InChI is InChI=1S/C11H20N4S2/c1-9-15-10(8-17-9)4-5-13-11(12-2)14-6-7-16-3/h8H,4-7H2,1-3H3,(H2,12,13,14). The van der Waals surface area contributed by atoms with Crippen molar-refractivity contribution in [2.45, 2.75) is 13.3 Å². The van der Waals surface area contributed by atoms with E-state index in [-0.39, 0.29) is 0 Å². The van der Waals surface area contributed by atoms with E-state index in [1.165, 1.54) is 0 Å². The molecule has 0 aliphatic rings. The SMILES string of the molecule is CN=C(NCCSC)NCCc1csc(C)n1. The maximum Gasteiger partial charge on any atom is 0.191 e. The molecule has 6 heteroatoms. The fourth-order valence-electron chi connectivity index (χ4n) is 1.32. The van der Waals surface area contributed by atoms with Gasteiger partial charge < -0.3 is 10.6 Å². The van der Waals surface area contributed by atoms with Gasteiger partial charge in [0.15, 0.2) is 5.96 Å². The molecule has 0 fully saturated rings. The summed E-state index contributed by atoms with van der Waals surface area (Å²) < 4.78 is 0. The first-order valence-electron chi connectivity index (χ1n) is 5.60. The van der Waals surface area contributed by atoms with Crippen LogP contribution in [-0.2, 0) is 6.42 Å². The fourth-order valence-corrected chi connectivity index (χ4v) is 2.28. The van der Waals surface area contributed by atoms with Crippen molar-refractivity contribution in [2.24, 2.45) is 4.99 Å². The third-order valence-corrected chi connectivity index (χ3v) is 3.60. The predicted molar refractivity (Wildman–Crippen MR) is 78.3 cm³/mol. The first-order valence-corrected chi connectivity index (χ1v) is 7.88. The van der Waals surface area contributed by atoms with Crippen molar-refractivity contribution in [1.29, 1.82) is 0 Å². The molecular formula is C11H20N4S2. The van der Waals surface area contributed by atoms with Crippen molar-refractivity contribution >= 4 is 29.1 Å². The van der Waals surface area contributed by atoms with Gasteiger partial charge in [-0.2, -0.15) is 11.8 Å². The topological polar surface area (TPSA) is 49.3 Å². The second kappa shape index (κ2) is 8.36. The zero-order valence-electron chi connectivity index (χ0n) is 10.6. The molecule has 0 unspecified atom stereocenters. The smallest absolute Gasteiger partial charge is 0.191 e. The minimum absolute atomic E-state index is 0.863. The van der Waals surface area contributed by atoms with Gasteiger partial charge in [-0.1, -0.05) is 0 Å². The number of aromatic nitrogens is 1. The molecule has 0 saturated heterocycles. The molecule has 1 heterocycles. The largest absolute Gasteiger partial charge is 0.356 e. The summed E-state index contributed by atoms with van der Waals surface area (Å²) in [6.07, 6.45) is 3.04. The molecule has 96 valence electrons. The van der Waals surface area contributed by atoms with Gasteiger partial charge in [0.25, 0.3) is 0 Å². The van der Waals surface area contributed by atoms with E-state index in [2.05, 4.69) is 32.2 Å². The van der Waals surface area contributed by atoms with Crippen LogP contribution < -0.4 is 10.6 Å². The average molecular weight is 272 g/mol. The van der Waals surface area contributed by atoms with Crippen LogP contribution in [0.2, 0.25) is 0 Å². The molecule has 0 atom stereocenters. The average Bonchev–Trinajstić information content (AvgIpc) is 2.73. The number of thiazole rings is 1. The summed E-state index contributed by atoms with van der Waals surface area (Å²) in [6.45, 7) is 3.84. The van der Waals surface area contributed by atoms with Gasteiger partial charge >= 0.3 is 0 Å². The van der Waals surface area contributed by atoms with Crippen LogP contribution in [0.25, 0.3) is 0 Å². The maximum atomic E-state index is 4.42. The van der Waals surface area contributed by atoms with E-state index in [4.69, 9.17) is 0 Å². The summed E-state index contributed by atoms with van der Waals surface area (Å²) in [4.78, 5) is 8.59. The number of nitrogens with one attached hydrogen (secondary N) is 2. The van der Waals surface area contributed by atoms with Gasteiger partial charge in [-0.15, -0.1) is 11.3 Å². The van der Waals surface area contributed by atoms with E-state index in [9.17, 15) is 0 Å². The Bertz CT molecular complexity index is 349. The van der Waals surface area contributed by atoms with Crippen LogP contribution in [0.4, 0.5) is 0 Å². The molecule has 0 aliphatic heterocycles. The zero-order chi connectivity index (χ0) is 12.5. The number of thioether (sulfide) groups is 1. The lowest BCUT2D eigenvalue weighted by atomic mass is 10.3. The molecule has 1 rings (SSSR count). The van der Waals surface area contributed by atoms with Crippen molar-refractivity contribution in [3.05, 3.63) is 16.1 Å². The Morgan fingerprint density at radius 1 is 1.47 bits per heavy atom. The molecule has 1 aromatic rings. The quantitative estimate of drug-likeness (QED) is 0.468. The molecule has 0 aromatic carbocycles. The van der Waals surface area contributed by atoms with Crippen LogP contribution >= 0.6 is 23.1 Å². The summed E-state index contributed by atoms with van der Waals surface area (Å²) in [7, 11) is 1.79. The maximum absolute atomic E-state index is 4.42. The van der Waals surface area contributed by atoms with Crippen LogP contribution in [0, 0.1) is 6.92 Å². The van der Waals surface area contributed by atoms with Crippen molar-refractivity contribution in [3.63, 3.8) is 0 Å². The van der Waals surface area contributed by atoms with Crippen LogP contribution in [-0.4, -0.2) is 43.1 Å². The van der Waals surface area contributed by atoms with Crippen LogP contribution in [0.1, 0.15) is 10.7 Å². The van der Waals surface area contributed by atoms with Crippen LogP contribution in [0.5, 0.6) is 0 Å².